The number of aromatic nitrogens is 1. The van der Waals surface area contributed by atoms with E-state index in [1.807, 2.05) is 20.2 Å². The van der Waals surface area contributed by atoms with Crippen molar-refractivity contribution in [2.75, 3.05) is 24.7 Å². The highest BCUT2D eigenvalue weighted by Gasteiger charge is 2.12. The zero-order valence-electron chi connectivity index (χ0n) is 26.0. The monoisotopic (exact) mass is 593 g/mol. The van der Waals surface area contributed by atoms with Crippen molar-refractivity contribution in [3.63, 3.8) is 0 Å². The first kappa shape index (κ1) is 28.8. The highest BCUT2D eigenvalue weighted by Crippen LogP contribution is 2.36. The van der Waals surface area contributed by atoms with Gasteiger partial charge in [0.1, 0.15) is 0 Å². The summed E-state index contributed by atoms with van der Waals surface area (Å²) in [5, 5.41) is 6.62. The Balaban J connectivity index is 1.28. The van der Waals surface area contributed by atoms with Gasteiger partial charge in [-0.05, 0) is 81.4 Å². The van der Waals surface area contributed by atoms with Gasteiger partial charge < -0.3 is 10.6 Å². The Morgan fingerprint density at radius 3 is 1.48 bits per heavy atom. The molecule has 1 aromatic heterocycles. The first-order chi connectivity index (χ1) is 22.7. The summed E-state index contributed by atoms with van der Waals surface area (Å²) in [4.78, 5) is 5.19. The van der Waals surface area contributed by atoms with Crippen LogP contribution < -0.4 is 10.6 Å². The van der Waals surface area contributed by atoms with Crippen molar-refractivity contribution in [1.29, 1.82) is 0 Å². The van der Waals surface area contributed by atoms with Crippen molar-refractivity contribution in [1.82, 2.24) is 4.98 Å². The molecule has 0 saturated heterocycles. The molecule has 0 aliphatic rings. The molecule has 46 heavy (non-hydrogen) atoms. The summed E-state index contributed by atoms with van der Waals surface area (Å²) in [5.41, 5.74) is 15.6. The zero-order valence-corrected chi connectivity index (χ0v) is 26.0. The van der Waals surface area contributed by atoms with Crippen LogP contribution in [0.1, 0.15) is 0 Å². The van der Waals surface area contributed by atoms with Gasteiger partial charge >= 0.3 is 0 Å². The second kappa shape index (κ2) is 13.0. The van der Waals surface area contributed by atoms with Crippen LogP contribution in [0.2, 0.25) is 0 Å². The van der Waals surface area contributed by atoms with Crippen LogP contribution in [0.4, 0.5) is 11.4 Å². The average Bonchev–Trinajstić information content (AvgIpc) is 3.15. The Morgan fingerprint density at radius 1 is 0.348 bits per heavy atom. The van der Waals surface area contributed by atoms with Gasteiger partial charge in [-0.2, -0.15) is 0 Å². The molecule has 7 aromatic rings. The van der Waals surface area contributed by atoms with Crippen molar-refractivity contribution in [2.45, 2.75) is 0 Å². The Bertz CT molecular complexity index is 2100. The number of benzene rings is 6. The fourth-order valence-electron chi connectivity index (χ4n) is 5.97. The molecule has 0 amide bonds. The predicted octanol–water partition coefficient (Wildman–Crippen LogP) is 11.2. The molecule has 0 aliphatic carbocycles. The predicted molar refractivity (Wildman–Crippen MR) is 196 cm³/mol. The summed E-state index contributed by atoms with van der Waals surface area (Å²) in [5.74, 6) is 0. The number of anilines is 2. The molecular formula is C43H35N3. The molecule has 0 radical (unpaired) electrons. The van der Waals surface area contributed by atoms with Gasteiger partial charge in [-0.1, -0.05) is 121 Å². The summed E-state index contributed by atoms with van der Waals surface area (Å²) >= 11 is 0. The van der Waals surface area contributed by atoms with E-state index in [1.165, 1.54) is 22.3 Å². The van der Waals surface area contributed by atoms with Gasteiger partial charge in [0, 0.05) is 42.2 Å². The minimum atomic E-state index is 0.939. The lowest BCUT2D eigenvalue weighted by molar-refractivity contribution is 1.32. The van der Waals surface area contributed by atoms with Gasteiger partial charge in [-0.15, -0.1) is 0 Å². The molecule has 3 nitrogen and oxygen atoms in total. The molecule has 0 atom stereocenters. The maximum Gasteiger partial charge on any atom is 0.0715 e. The first-order valence-electron chi connectivity index (χ1n) is 15.6. The summed E-state index contributed by atoms with van der Waals surface area (Å²) in [6.45, 7) is 0. The average molecular weight is 594 g/mol. The molecule has 3 heteroatoms. The van der Waals surface area contributed by atoms with Crippen molar-refractivity contribution in [3.8, 4) is 67.0 Å². The fraction of sp³-hybridized carbons (Fsp3) is 0.0465. The first-order valence-corrected chi connectivity index (χ1v) is 15.6. The van der Waals surface area contributed by atoms with E-state index < -0.39 is 0 Å². The summed E-state index contributed by atoms with van der Waals surface area (Å²) < 4.78 is 0. The van der Waals surface area contributed by atoms with Crippen molar-refractivity contribution in [3.05, 3.63) is 164 Å². The van der Waals surface area contributed by atoms with Crippen molar-refractivity contribution < 1.29 is 0 Å². The fourth-order valence-corrected chi connectivity index (χ4v) is 5.97. The lowest BCUT2D eigenvalue weighted by Crippen LogP contribution is -1.95. The van der Waals surface area contributed by atoms with Gasteiger partial charge in [0.05, 0.1) is 11.4 Å². The normalized spacial score (nSPS) is 10.8. The maximum atomic E-state index is 5.19. The molecule has 0 aliphatic heterocycles. The van der Waals surface area contributed by atoms with Crippen LogP contribution in [0.15, 0.2) is 164 Å². The third kappa shape index (κ3) is 6.04. The molecule has 2 N–H and O–H groups in total. The third-order valence-corrected chi connectivity index (χ3v) is 8.46. The molecule has 0 bridgehead atoms. The maximum absolute atomic E-state index is 5.19. The van der Waals surface area contributed by atoms with Crippen LogP contribution in [0.5, 0.6) is 0 Å². The second-order valence-electron chi connectivity index (χ2n) is 11.4. The van der Waals surface area contributed by atoms with Crippen molar-refractivity contribution in [2.24, 2.45) is 0 Å². The quantitative estimate of drug-likeness (QED) is 0.184. The van der Waals surface area contributed by atoms with Crippen LogP contribution in [0.3, 0.4) is 0 Å². The molecular weight excluding hydrogens is 558 g/mol. The van der Waals surface area contributed by atoms with Crippen LogP contribution in [0.25, 0.3) is 67.0 Å². The number of nitrogens with one attached hydrogen (secondary N) is 2. The van der Waals surface area contributed by atoms with E-state index in [2.05, 4.69) is 168 Å². The minimum Gasteiger partial charge on any atom is -0.388 e. The van der Waals surface area contributed by atoms with E-state index in [4.69, 9.17) is 4.98 Å². The smallest absolute Gasteiger partial charge is 0.0715 e. The largest absolute Gasteiger partial charge is 0.388 e. The SMILES string of the molecule is CNc1ccc(NC)c(-c2cccc(-c3cc(-c4ccc(-c5cccc(-c6ccccc6)c5)cc4)cc(-c4ccccc4)n3)c2)c1. The number of hydrogen-bond acceptors (Lipinski definition) is 3. The van der Waals surface area contributed by atoms with Gasteiger partial charge in [0.15, 0.2) is 0 Å². The van der Waals surface area contributed by atoms with E-state index in [9.17, 15) is 0 Å². The topological polar surface area (TPSA) is 37.0 Å². The van der Waals surface area contributed by atoms with E-state index in [-0.39, 0.29) is 0 Å². The molecule has 7 rings (SSSR count). The Morgan fingerprint density at radius 2 is 0.848 bits per heavy atom. The lowest BCUT2D eigenvalue weighted by atomic mass is 9.95. The van der Waals surface area contributed by atoms with E-state index >= 15 is 0 Å². The van der Waals surface area contributed by atoms with E-state index in [0.29, 0.717) is 0 Å². The van der Waals surface area contributed by atoms with Gasteiger partial charge in [0.2, 0.25) is 0 Å². The van der Waals surface area contributed by atoms with Crippen LogP contribution in [-0.2, 0) is 0 Å². The number of pyridine rings is 1. The second-order valence-corrected chi connectivity index (χ2v) is 11.4. The Labute approximate surface area is 271 Å². The van der Waals surface area contributed by atoms with Crippen LogP contribution in [-0.4, -0.2) is 19.1 Å². The molecule has 0 fully saturated rings. The Hall–Kier alpha value is -5.93. The van der Waals surface area contributed by atoms with Gasteiger partial charge in [-0.25, -0.2) is 4.98 Å². The molecule has 0 spiro atoms. The summed E-state index contributed by atoms with van der Waals surface area (Å²) in [6.07, 6.45) is 0. The molecule has 222 valence electrons. The minimum absolute atomic E-state index is 0.939. The van der Waals surface area contributed by atoms with Crippen molar-refractivity contribution >= 4 is 11.4 Å². The lowest BCUT2D eigenvalue weighted by Gasteiger charge is -2.14. The van der Waals surface area contributed by atoms with Gasteiger partial charge in [0.25, 0.3) is 0 Å². The molecule has 0 unspecified atom stereocenters. The van der Waals surface area contributed by atoms with E-state index in [0.717, 1.165) is 56.1 Å². The van der Waals surface area contributed by atoms with E-state index in [1.54, 1.807) is 0 Å². The highest BCUT2D eigenvalue weighted by molar-refractivity contribution is 5.85. The third-order valence-electron chi connectivity index (χ3n) is 8.46. The Kier molecular flexibility index (Phi) is 8.13. The standard InChI is InChI=1S/C43H35N3/c1-44-39-23-24-41(45-2)40(29-39)36-17-10-18-37(26-36)43-28-38(27-42(46-43)33-13-7-4-8-14-33)32-21-19-31(20-22-32)35-16-9-15-34(25-35)30-11-5-3-6-12-30/h3-29,44-45H,1-2H3. The number of hydrogen-bond donors (Lipinski definition) is 2. The molecule has 1 heterocycles. The summed E-state index contributed by atoms with van der Waals surface area (Å²) in [7, 11) is 3.91. The van der Waals surface area contributed by atoms with Crippen LogP contribution in [0, 0.1) is 0 Å². The number of nitrogens with zero attached hydrogens (tertiary/aromatic N) is 1. The zero-order chi connectivity index (χ0) is 31.3. The highest BCUT2D eigenvalue weighted by atomic mass is 14.8. The molecule has 6 aromatic carbocycles. The number of rotatable bonds is 8. The van der Waals surface area contributed by atoms with Gasteiger partial charge in [-0.3, -0.25) is 0 Å². The molecule has 0 saturated carbocycles. The van der Waals surface area contributed by atoms with Crippen LogP contribution >= 0.6 is 0 Å². The summed E-state index contributed by atoms with van der Waals surface area (Å²) in [6, 6.07) is 58.0.